The summed E-state index contributed by atoms with van der Waals surface area (Å²) in [5, 5.41) is 13.1. The largest absolute Gasteiger partial charge is 0.389 e. The highest BCUT2D eigenvalue weighted by molar-refractivity contribution is 9.10. The molecule has 118 valence electrons. The Labute approximate surface area is 134 Å². The van der Waals surface area contributed by atoms with E-state index in [1.807, 2.05) is 0 Å². The standard InChI is InChI=1S/C16H23BrFNO2/c1-11-2-5-14(6-3-11)21-10-13(20)9-19-16-7-4-12(18)8-15(16)17/h4,7-8,11,13-14,19-20H,2-3,5-6,9-10H2,1H3. The van der Waals surface area contributed by atoms with Gasteiger partial charge < -0.3 is 15.2 Å². The van der Waals surface area contributed by atoms with Crippen LogP contribution in [0.1, 0.15) is 32.6 Å². The molecule has 1 aromatic carbocycles. The van der Waals surface area contributed by atoms with Crippen molar-refractivity contribution in [2.45, 2.75) is 44.8 Å². The zero-order valence-corrected chi connectivity index (χ0v) is 13.9. The zero-order valence-electron chi connectivity index (χ0n) is 12.3. The SMILES string of the molecule is CC1CCC(OCC(O)CNc2ccc(F)cc2Br)CC1. The van der Waals surface area contributed by atoms with Gasteiger partial charge in [0.2, 0.25) is 0 Å². The van der Waals surface area contributed by atoms with Crippen molar-refractivity contribution in [3.05, 3.63) is 28.5 Å². The summed E-state index contributed by atoms with van der Waals surface area (Å²) in [5.41, 5.74) is 0.766. The second-order valence-corrected chi connectivity index (χ2v) is 6.73. The molecule has 3 nitrogen and oxygen atoms in total. The molecule has 0 saturated heterocycles. The smallest absolute Gasteiger partial charge is 0.124 e. The summed E-state index contributed by atoms with van der Waals surface area (Å²) in [6.45, 7) is 2.99. The zero-order chi connectivity index (χ0) is 15.2. The maximum Gasteiger partial charge on any atom is 0.124 e. The van der Waals surface area contributed by atoms with E-state index in [4.69, 9.17) is 4.74 Å². The van der Waals surface area contributed by atoms with Crippen molar-refractivity contribution in [1.29, 1.82) is 0 Å². The van der Waals surface area contributed by atoms with Gasteiger partial charge in [0.05, 0.1) is 18.8 Å². The third-order valence-electron chi connectivity index (χ3n) is 3.95. The molecule has 1 aliphatic carbocycles. The third kappa shape index (κ3) is 5.57. The Hall–Kier alpha value is -0.650. The second-order valence-electron chi connectivity index (χ2n) is 5.87. The summed E-state index contributed by atoms with van der Waals surface area (Å²) in [6, 6.07) is 4.43. The second kappa shape index (κ2) is 8.11. The number of aliphatic hydroxyl groups is 1. The van der Waals surface area contributed by atoms with Crippen LogP contribution in [-0.4, -0.2) is 30.5 Å². The molecule has 1 fully saturated rings. The molecule has 1 aliphatic rings. The molecule has 0 heterocycles. The Morgan fingerprint density at radius 3 is 2.76 bits per heavy atom. The highest BCUT2D eigenvalue weighted by Crippen LogP contribution is 2.26. The molecule has 1 atom stereocenters. The van der Waals surface area contributed by atoms with Crippen LogP contribution < -0.4 is 5.32 Å². The summed E-state index contributed by atoms with van der Waals surface area (Å²) >= 11 is 3.29. The number of hydrogen-bond acceptors (Lipinski definition) is 3. The summed E-state index contributed by atoms with van der Waals surface area (Å²) in [5.74, 6) is 0.509. The topological polar surface area (TPSA) is 41.5 Å². The molecule has 2 rings (SSSR count). The maximum atomic E-state index is 13.0. The Kier molecular flexibility index (Phi) is 6.45. The summed E-state index contributed by atoms with van der Waals surface area (Å²) in [6.07, 6.45) is 4.31. The van der Waals surface area contributed by atoms with Crippen LogP contribution >= 0.6 is 15.9 Å². The molecule has 1 unspecified atom stereocenters. The lowest BCUT2D eigenvalue weighted by Gasteiger charge is -2.27. The van der Waals surface area contributed by atoms with E-state index in [1.54, 1.807) is 6.07 Å². The minimum atomic E-state index is -0.568. The van der Waals surface area contributed by atoms with Gasteiger partial charge in [0, 0.05) is 16.7 Å². The molecule has 0 aliphatic heterocycles. The molecular formula is C16H23BrFNO2. The first-order chi connectivity index (χ1) is 10.0. The number of hydrogen-bond donors (Lipinski definition) is 2. The first-order valence-corrected chi connectivity index (χ1v) is 8.32. The molecule has 0 radical (unpaired) electrons. The number of rotatable bonds is 6. The van der Waals surface area contributed by atoms with Crippen LogP contribution in [0.5, 0.6) is 0 Å². The van der Waals surface area contributed by atoms with E-state index in [9.17, 15) is 9.50 Å². The van der Waals surface area contributed by atoms with Gasteiger partial charge in [0.25, 0.3) is 0 Å². The maximum absolute atomic E-state index is 13.0. The fraction of sp³-hybridized carbons (Fsp3) is 0.625. The number of benzene rings is 1. The van der Waals surface area contributed by atoms with Gasteiger partial charge >= 0.3 is 0 Å². The van der Waals surface area contributed by atoms with Gasteiger partial charge in [-0.05, 0) is 65.7 Å². The van der Waals surface area contributed by atoms with Gasteiger partial charge in [-0.3, -0.25) is 0 Å². The predicted molar refractivity (Wildman–Crippen MR) is 86.0 cm³/mol. The van der Waals surface area contributed by atoms with E-state index in [-0.39, 0.29) is 11.9 Å². The Balaban J connectivity index is 1.68. The number of halogens is 2. The first-order valence-electron chi connectivity index (χ1n) is 7.53. The van der Waals surface area contributed by atoms with Crippen molar-refractivity contribution >= 4 is 21.6 Å². The Morgan fingerprint density at radius 1 is 1.38 bits per heavy atom. The summed E-state index contributed by atoms with van der Waals surface area (Å²) < 4.78 is 19.4. The molecule has 0 amide bonds. The van der Waals surface area contributed by atoms with E-state index in [2.05, 4.69) is 28.2 Å². The van der Waals surface area contributed by atoms with Crippen molar-refractivity contribution in [1.82, 2.24) is 0 Å². The third-order valence-corrected chi connectivity index (χ3v) is 4.60. The Bertz CT molecular complexity index is 450. The van der Waals surface area contributed by atoms with E-state index < -0.39 is 6.10 Å². The van der Waals surface area contributed by atoms with Crippen molar-refractivity contribution in [3.8, 4) is 0 Å². The lowest BCUT2D eigenvalue weighted by molar-refractivity contribution is -0.0245. The van der Waals surface area contributed by atoms with Gasteiger partial charge in [0.15, 0.2) is 0 Å². The van der Waals surface area contributed by atoms with Gasteiger partial charge in [-0.15, -0.1) is 0 Å². The van der Waals surface area contributed by atoms with Gasteiger partial charge in [-0.25, -0.2) is 4.39 Å². The van der Waals surface area contributed by atoms with Crippen LogP contribution in [0.15, 0.2) is 22.7 Å². The minimum absolute atomic E-state index is 0.286. The molecule has 0 bridgehead atoms. The van der Waals surface area contributed by atoms with Crippen LogP contribution in [0.2, 0.25) is 0 Å². The lowest BCUT2D eigenvalue weighted by Crippen LogP contribution is -2.29. The first kappa shape index (κ1) is 16.7. The van der Waals surface area contributed by atoms with Crippen LogP contribution in [0.3, 0.4) is 0 Å². The lowest BCUT2D eigenvalue weighted by atomic mass is 9.89. The highest BCUT2D eigenvalue weighted by atomic mass is 79.9. The van der Waals surface area contributed by atoms with Gasteiger partial charge in [-0.2, -0.15) is 0 Å². The molecule has 5 heteroatoms. The number of ether oxygens (including phenoxy) is 1. The average Bonchev–Trinajstić information content (AvgIpc) is 2.46. The predicted octanol–water partition coefficient (Wildman–Crippen LogP) is 3.96. The van der Waals surface area contributed by atoms with Crippen LogP contribution in [0, 0.1) is 11.7 Å². The number of anilines is 1. The molecule has 21 heavy (non-hydrogen) atoms. The van der Waals surface area contributed by atoms with E-state index in [0.29, 0.717) is 17.6 Å². The molecule has 0 spiro atoms. The van der Waals surface area contributed by atoms with Gasteiger partial charge in [0.1, 0.15) is 5.82 Å². The quantitative estimate of drug-likeness (QED) is 0.807. The van der Waals surface area contributed by atoms with Gasteiger partial charge in [-0.1, -0.05) is 6.92 Å². The highest BCUT2D eigenvalue weighted by Gasteiger charge is 2.19. The molecular weight excluding hydrogens is 337 g/mol. The summed E-state index contributed by atoms with van der Waals surface area (Å²) in [4.78, 5) is 0. The normalized spacial score (nSPS) is 23.8. The van der Waals surface area contributed by atoms with Crippen LogP contribution in [0.25, 0.3) is 0 Å². The van der Waals surface area contributed by atoms with Crippen molar-refractivity contribution in [3.63, 3.8) is 0 Å². The van der Waals surface area contributed by atoms with Crippen molar-refractivity contribution in [2.75, 3.05) is 18.5 Å². The fourth-order valence-electron chi connectivity index (χ4n) is 2.56. The van der Waals surface area contributed by atoms with Crippen LogP contribution in [0.4, 0.5) is 10.1 Å². The number of nitrogens with one attached hydrogen (secondary N) is 1. The average molecular weight is 360 g/mol. The van der Waals surface area contributed by atoms with E-state index >= 15 is 0 Å². The molecule has 2 N–H and O–H groups in total. The fourth-order valence-corrected chi connectivity index (χ4v) is 3.05. The van der Waals surface area contributed by atoms with Crippen molar-refractivity contribution in [2.24, 2.45) is 5.92 Å². The van der Waals surface area contributed by atoms with Crippen molar-refractivity contribution < 1.29 is 14.2 Å². The number of aliphatic hydroxyl groups excluding tert-OH is 1. The monoisotopic (exact) mass is 359 g/mol. The Morgan fingerprint density at radius 2 is 2.10 bits per heavy atom. The minimum Gasteiger partial charge on any atom is -0.389 e. The summed E-state index contributed by atoms with van der Waals surface area (Å²) in [7, 11) is 0. The molecule has 1 saturated carbocycles. The molecule has 0 aromatic heterocycles. The van der Waals surface area contributed by atoms with E-state index in [1.165, 1.54) is 25.0 Å². The van der Waals surface area contributed by atoms with E-state index in [0.717, 1.165) is 24.4 Å². The molecule has 1 aromatic rings. The van der Waals surface area contributed by atoms with Crippen LogP contribution in [-0.2, 0) is 4.74 Å².